The molecule has 0 spiro atoms. The van der Waals surface area contributed by atoms with Gasteiger partial charge in [-0.3, -0.25) is 4.79 Å². The first-order valence-corrected chi connectivity index (χ1v) is 8.10. The predicted octanol–water partition coefficient (Wildman–Crippen LogP) is 3.34. The summed E-state index contributed by atoms with van der Waals surface area (Å²) in [6.07, 6.45) is 0.941. The number of methoxy groups -OCH3 is 1. The summed E-state index contributed by atoms with van der Waals surface area (Å²) in [7, 11) is 1.47. The molecule has 0 amide bonds. The lowest BCUT2D eigenvalue weighted by atomic mass is 9.85. The summed E-state index contributed by atoms with van der Waals surface area (Å²) in [5.41, 5.74) is 1.50. The van der Waals surface area contributed by atoms with Crippen molar-refractivity contribution in [2.24, 2.45) is 0 Å². The second-order valence-corrected chi connectivity index (χ2v) is 5.87. The first kappa shape index (κ1) is 17.0. The van der Waals surface area contributed by atoms with E-state index in [0.29, 0.717) is 29.4 Å². The van der Waals surface area contributed by atoms with Crippen molar-refractivity contribution in [3.63, 3.8) is 0 Å². The highest BCUT2D eigenvalue weighted by molar-refractivity contribution is 5.79. The van der Waals surface area contributed by atoms with E-state index < -0.39 is 5.97 Å². The second kappa shape index (κ2) is 6.93. The highest BCUT2D eigenvalue weighted by atomic mass is 16.5. The highest BCUT2D eigenvalue weighted by Gasteiger charge is 2.32. The molecule has 132 valence electrons. The van der Waals surface area contributed by atoms with Crippen LogP contribution in [0.4, 0.5) is 0 Å². The zero-order valence-electron chi connectivity index (χ0n) is 14.1. The van der Waals surface area contributed by atoms with E-state index >= 15 is 0 Å². The highest BCUT2D eigenvalue weighted by Crippen LogP contribution is 2.47. The summed E-state index contributed by atoms with van der Waals surface area (Å²) in [5.74, 6) is 0.392. The molecule has 3 rings (SSSR count). The van der Waals surface area contributed by atoms with Crippen LogP contribution in [0.2, 0.25) is 0 Å². The third-order valence-corrected chi connectivity index (χ3v) is 4.10. The van der Waals surface area contributed by atoms with Gasteiger partial charge in [0.2, 0.25) is 0 Å². The minimum absolute atomic E-state index is 0.0259. The maximum atomic E-state index is 12.0. The molecule has 1 atom stereocenters. The normalized spacial score (nSPS) is 16.1. The van der Waals surface area contributed by atoms with E-state index in [-0.39, 0.29) is 23.8 Å². The van der Waals surface area contributed by atoms with Gasteiger partial charge >= 0.3 is 5.97 Å². The van der Waals surface area contributed by atoms with Gasteiger partial charge in [0, 0.05) is 23.6 Å². The van der Waals surface area contributed by atoms with Crippen molar-refractivity contribution in [2.75, 3.05) is 13.7 Å². The summed E-state index contributed by atoms with van der Waals surface area (Å²) in [6.45, 7) is 2.47. The Morgan fingerprint density at radius 3 is 2.72 bits per heavy atom. The van der Waals surface area contributed by atoms with Crippen LogP contribution in [0.15, 0.2) is 30.3 Å². The Bertz CT molecular complexity index is 799. The molecule has 0 saturated carbocycles. The molecule has 0 bridgehead atoms. The molecule has 0 aliphatic carbocycles. The monoisotopic (exact) mass is 344 g/mol. The molecule has 2 aromatic carbocycles. The molecule has 25 heavy (non-hydrogen) atoms. The number of carbonyl (C=O) groups excluding carboxylic acids is 1. The minimum Gasteiger partial charge on any atom is -0.508 e. The van der Waals surface area contributed by atoms with Gasteiger partial charge in [-0.15, -0.1) is 0 Å². The lowest BCUT2D eigenvalue weighted by molar-refractivity contribution is -0.135. The van der Waals surface area contributed by atoms with Crippen LogP contribution in [0, 0.1) is 0 Å². The molecule has 1 aliphatic heterocycles. The molecule has 0 fully saturated rings. The number of ether oxygens (including phenoxy) is 3. The van der Waals surface area contributed by atoms with E-state index in [4.69, 9.17) is 14.2 Å². The van der Waals surface area contributed by atoms with Gasteiger partial charge < -0.3 is 24.4 Å². The molecule has 2 aromatic rings. The standard InChI is InChI=1S/C19H20O6/c1-3-6-24-16-8-12(20)9-17-19(16)13(10-18(22)25-17)11-4-5-14(21)15(7-11)23-2/h4-5,7-9,13,20-21H,3,6,10H2,1-2H3/t13-/m0/s1. The number of hydrogen-bond donors (Lipinski definition) is 2. The van der Waals surface area contributed by atoms with E-state index in [1.807, 2.05) is 6.92 Å². The Labute approximate surface area is 145 Å². The van der Waals surface area contributed by atoms with Crippen LogP contribution in [0.25, 0.3) is 0 Å². The van der Waals surface area contributed by atoms with Gasteiger partial charge in [0.1, 0.15) is 17.2 Å². The minimum atomic E-state index is -0.392. The van der Waals surface area contributed by atoms with Crippen molar-refractivity contribution >= 4 is 5.97 Å². The molecule has 0 unspecified atom stereocenters. The van der Waals surface area contributed by atoms with Crippen LogP contribution in [-0.2, 0) is 4.79 Å². The molecular weight excluding hydrogens is 324 g/mol. The quantitative estimate of drug-likeness (QED) is 0.639. The van der Waals surface area contributed by atoms with Crippen molar-refractivity contribution in [1.82, 2.24) is 0 Å². The third-order valence-electron chi connectivity index (χ3n) is 4.10. The van der Waals surface area contributed by atoms with Crippen molar-refractivity contribution in [3.05, 3.63) is 41.5 Å². The topological polar surface area (TPSA) is 85.2 Å². The molecule has 1 aliphatic rings. The summed E-state index contributed by atoms with van der Waals surface area (Å²) in [6, 6.07) is 7.90. The number of phenolic OH excluding ortho intramolecular Hbond substituents is 2. The van der Waals surface area contributed by atoms with E-state index in [0.717, 1.165) is 12.0 Å². The van der Waals surface area contributed by atoms with Gasteiger partial charge in [0.25, 0.3) is 0 Å². The Kier molecular flexibility index (Phi) is 4.70. The molecular formula is C19H20O6. The van der Waals surface area contributed by atoms with Crippen LogP contribution in [0.3, 0.4) is 0 Å². The van der Waals surface area contributed by atoms with Gasteiger partial charge in [-0.05, 0) is 24.1 Å². The van der Waals surface area contributed by atoms with Gasteiger partial charge in [-0.1, -0.05) is 13.0 Å². The van der Waals surface area contributed by atoms with E-state index in [2.05, 4.69) is 0 Å². The van der Waals surface area contributed by atoms with Gasteiger partial charge in [0.15, 0.2) is 11.5 Å². The zero-order valence-corrected chi connectivity index (χ0v) is 14.1. The predicted molar refractivity (Wildman–Crippen MR) is 90.6 cm³/mol. The van der Waals surface area contributed by atoms with E-state index in [1.165, 1.54) is 25.3 Å². The largest absolute Gasteiger partial charge is 0.508 e. The summed E-state index contributed by atoms with van der Waals surface area (Å²) >= 11 is 0. The number of esters is 1. The van der Waals surface area contributed by atoms with Crippen molar-refractivity contribution in [1.29, 1.82) is 0 Å². The fraction of sp³-hybridized carbons (Fsp3) is 0.316. The molecule has 6 heteroatoms. The Morgan fingerprint density at radius 2 is 2.00 bits per heavy atom. The number of rotatable bonds is 5. The maximum absolute atomic E-state index is 12.0. The van der Waals surface area contributed by atoms with Crippen molar-refractivity contribution < 1.29 is 29.2 Å². The van der Waals surface area contributed by atoms with Crippen LogP contribution in [0.1, 0.15) is 36.8 Å². The van der Waals surface area contributed by atoms with Crippen LogP contribution in [-0.4, -0.2) is 29.9 Å². The average molecular weight is 344 g/mol. The van der Waals surface area contributed by atoms with E-state index in [9.17, 15) is 15.0 Å². The molecule has 1 heterocycles. The molecule has 0 radical (unpaired) electrons. The second-order valence-electron chi connectivity index (χ2n) is 5.87. The SMILES string of the molecule is CCCOc1cc(O)cc2c1[C@H](c1ccc(O)c(OC)c1)CC(=O)O2. The smallest absolute Gasteiger partial charge is 0.312 e. The average Bonchev–Trinajstić information content (AvgIpc) is 2.58. The van der Waals surface area contributed by atoms with Crippen molar-refractivity contribution in [3.8, 4) is 28.7 Å². The van der Waals surface area contributed by atoms with E-state index in [1.54, 1.807) is 12.1 Å². The Hall–Kier alpha value is -2.89. The third kappa shape index (κ3) is 3.33. The van der Waals surface area contributed by atoms with Crippen LogP contribution in [0.5, 0.6) is 28.7 Å². The first-order valence-electron chi connectivity index (χ1n) is 8.10. The fourth-order valence-electron chi connectivity index (χ4n) is 2.98. The molecule has 0 saturated heterocycles. The number of carbonyl (C=O) groups is 1. The lowest BCUT2D eigenvalue weighted by Crippen LogP contribution is -2.22. The Morgan fingerprint density at radius 1 is 1.20 bits per heavy atom. The first-order chi connectivity index (χ1) is 12.0. The van der Waals surface area contributed by atoms with Crippen molar-refractivity contribution in [2.45, 2.75) is 25.7 Å². The zero-order chi connectivity index (χ0) is 18.0. The van der Waals surface area contributed by atoms with Gasteiger partial charge in [-0.2, -0.15) is 0 Å². The molecule has 6 nitrogen and oxygen atoms in total. The number of fused-ring (bicyclic) bond motifs is 1. The number of hydrogen-bond acceptors (Lipinski definition) is 6. The van der Waals surface area contributed by atoms with Crippen LogP contribution < -0.4 is 14.2 Å². The maximum Gasteiger partial charge on any atom is 0.312 e. The lowest BCUT2D eigenvalue weighted by Gasteiger charge is -2.27. The summed E-state index contributed by atoms with van der Waals surface area (Å²) < 4.78 is 16.2. The Balaban J connectivity index is 2.12. The fourth-order valence-corrected chi connectivity index (χ4v) is 2.98. The molecule has 0 aromatic heterocycles. The van der Waals surface area contributed by atoms with Gasteiger partial charge in [-0.25, -0.2) is 0 Å². The molecule has 2 N–H and O–H groups in total. The van der Waals surface area contributed by atoms with Crippen LogP contribution >= 0.6 is 0 Å². The van der Waals surface area contributed by atoms with Gasteiger partial charge in [0.05, 0.1) is 20.1 Å². The summed E-state index contributed by atoms with van der Waals surface area (Å²) in [4.78, 5) is 12.0. The number of phenols is 2. The number of aromatic hydroxyl groups is 2. The summed E-state index contributed by atoms with van der Waals surface area (Å²) in [5, 5.41) is 19.7. The number of benzene rings is 2.